The van der Waals surface area contributed by atoms with Gasteiger partial charge in [0.25, 0.3) is 0 Å². The van der Waals surface area contributed by atoms with Crippen LogP contribution in [0.4, 0.5) is 5.69 Å². The van der Waals surface area contributed by atoms with Crippen molar-refractivity contribution in [2.24, 2.45) is 5.92 Å². The second kappa shape index (κ2) is 21.1. The van der Waals surface area contributed by atoms with Crippen LogP contribution in [-0.4, -0.2) is 77.9 Å². The van der Waals surface area contributed by atoms with E-state index < -0.39 is 0 Å². The fourth-order valence-electron chi connectivity index (χ4n) is 3.08. The summed E-state index contributed by atoms with van der Waals surface area (Å²) in [6.45, 7) is 9.97. The molecule has 1 aromatic carbocycles. The summed E-state index contributed by atoms with van der Waals surface area (Å²) in [4.78, 5) is 23.0. The molecule has 1 rings (SSSR count). The zero-order chi connectivity index (χ0) is 25.6. The van der Waals surface area contributed by atoms with Crippen molar-refractivity contribution in [3.63, 3.8) is 0 Å². The number of rotatable bonds is 22. The molecule has 0 saturated heterocycles. The number of hydrogen-bond donors (Lipinski definition) is 1. The lowest BCUT2D eigenvalue weighted by molar-refractivity contribution is -0.150. The lowest BCUT2D eigenvalue weighted by Gasteiger charge is -2.13. The second-order valence-corrected chi connectivity index (χ2v) is 7.92. The number of esters is 1. The van der Waals surface area contributed by atoms with E-state index in [2.05, 4.69) is 12.2 Å². The van der Waals surface area contributed by atoms with E-state index in [1.807, 2.05) is 6.92 Å². The number of amides is 1. The van der Waals surface area contributed by atoms with E-state index in [4.69, 9.17) is 28.4 Å². The molecule has 1 aromatic rings. The first kappa shape index (κ1) is 30.8. The van der Waals surface area contributed by atoms with Gasteiger partial charge in [-0.25, -0.2) is 0 Å². The van der Waals surface area contributed by atoms with Crippen LogP contribution in [0.3, 0.4) is 0 Å². The largest absolute Gasteiger partial charge is 0.491 e. The maximum atomic E-state index is 12.0. The van der Waals surface area contributed by atoms with E-state index in [0.29, 0.717) is 65.2 Å². The van der Waals surface area contributed by atoms with Gasteiger partial charge >= 0.3 is 5.97 Å². The zero-order valence-electron chi connectivity index (χ0n) is 21.6. The van der Waals surface area contributed by atoms with E-state index in [0.717, 1.165) is 31.4 Å². The molecule has 0 aromatic heterocycles. The van der Waals surface area contributed by atoms with Crippen LogP contribution in [0.2, 0.25) is 0 Å². The van der Waals surface area contributed by atoms with Crippen LogP contribution >= 0.6 is 0 Å². The SMILES string of the molecule is CCCCC(CC)C(=O)OCCOCCOCCOCCOCCOc1ccc(NC(C)=O)cc1. The van der Waals surface area contributed by atoms with Crippen molar-refractivity contribution in [1.29, 1.82) is 0 Å². The molecule has 9 heteroatoms. The summed E-state index contributed by atoms with van der Waals surface area (Å²) in [5, 5.41) is 2.70. The molecule has 1 atom stereocenters. The minimum Gasteiger partial charge on any atom is -0.491 e. The van der Waals surface area contributed by atoms with Crippen molar-refractivity contribution in [2.75, 3.05) is 71.4 Å². The predicted octanol–water partition coefficient (Wildman–Crippen LogP) is 3.85. The maximum Gasteiger partial charge on any atom is 0.308 e. The maximum absolute atomic E-state index is 12.0. The molecule has 35 heavy (non-hydrogen) atoms. The summed E-state index contributed by atoms with van der Waals surface area (Å²) in [6.07, 6.45) is 3.84. The molecule has 0 spiro atoms. The van der Waals surface area contributed by atoms with Gasteiger partial charge in [0.15, 0.2) is 0 Å². The van der Waals surface area contributed by atoms with Gasteiger partial charge in [0, 0.05) is 12.6 Å². The van der Waals surface area contributed by atoms with Crippen molar-refractivity contribution < 1.29 is 38.0 Å². The smallest absolute Gasteiger partial charge is 0.308 e. The van der Waals surface area contributed by atoms with Crippen LogP contribution < -0.4 is 10.1 Å². The van der Waals surface area contributed by atoms with Crippen molar-refractivity contribution >= 4 is 17.6 Å². The molecule has 0 heterocycles. The molecule has 1 unspecified atom stereocenters. The Bertz CT molecular complexity index is 668. The second-order valence-electron chi connectivity index (χ2n) is 7.92. The molecule has 0 fully saturated rings. The van der Waals surface area contributed by atoms with Crippen LogP contribution in [0.1, 0.15) is 46.5 Å². The van der Waals surface area contributed by atoms with Crippen molar-refractivity contribution in [1.82, 2.24) is 0 Å². The molecule has 0 aliphatic carbocycles. The Morgan fingerprint density at radius 1 is 0.771 bits per heavy atom. The molecule has 0 radical (unpaired) electrons. The number of ether oxygens (including phenoxy) is 6. The van der Waals surface area contributed by atoms with Crippen LogP contribution in [-0.2, 0) is 33.3 Å². The lowest BCUT2D eigenvalue weighted by atomic mass is 10.00. The summed E-state index contributed by atoms with van der Waals surface area (Å²) < 4.78 is 32.6. The Morgan fingerprint density at radius 2 is 1.29 bits per heavy atom. The molecule has 9 nitrogen and oxygen atoms in total. The van der Waals surface area contributed by atoms with Gasteiger partial charge in [-0.05, 0) is 37.1 Å². The third-order valence-corrected chi connectivity index (χ3v) is 4.99. The topological polar surface area (TPSA) is 102 Å². The molecule has 0 bridgehead atoms. The summed E-state index contributed by atoms with van der Waals surface area (Å²) in [5.41, 5.74) is 0.732. The average molecular weight is 498 g/mol. The number of benzene rings is 1. The Labute approximate surface area is 209 Å². The van der Waals surface area contributed by atoms with E-state index in [-0.39, 0.29) is 24.4 Å². The van der Waals surface area contributed by atoms with Gasteiger partial charge in [-0.3, -0.25) is 9.59 Å². The Balaban J connectivity index is 1.84. The first-order valence-corrected chi connectivity index (χ1v) is 12.5. The minimum atomic E-state index is -0.121. The Kier molecular flexibility index (Phi) is 18.6. The molecule has 0 aliphatic heterocycles. The third kappa shape index (κ3) is 17.0. The van der Waals surface area contributed by atoms with Gasteiger partial charge < -0.3 is 33.7 Å². The standard InChI is InChI=1S/C26H43NO8/c1-4-6-7-23(5-2)26(29)35-21-19-33-17-15-31-13-12-30-14-16-32-18-20-34-25-10-8-24(9-11-25)27-22(3)28/h8-11,23H,4-7,12-21H2,1-3H3,(H,27,28). The van der Waals surface area contributed by atoms with Gasteiger partial charge in [0.1, 0.15) is 19.0 Å². The van der Waals surface area contributed by atoms with Crippen molar-refractivity contribution in [2.45, 2.75) is 46.5 Å². The van der Waals surface area contributed by atoms with Gasteiger partial charge in [-0.1, -0.05) is 26.7 Å². The monoisotopic (exact) mass is 497 g/mol. The highest BCUT2D eigenvalue weighted by Crippen LogP contribution is 2.15. The number of unbranched alkanes of at least 4 members (excludes halogenated alkanes) is 1. The third-order valence-electron chi connectivity index (χ3n) is 4.99. The van der Waals surface area contributed by atoms with Crippen LogP contribution in [0.25, 0.3) is 0 Å². The summed E-state index contributed by atoms with van der Waals surface area (Å²) in [5.74, 6) is 0.486. The number of carbonyl (C=O) groups is 2. The van der Waals surface area contributed by atoms with Gasteiger partial charge in [0.2, 0.25) is 5.91 Å². The molecular weight excluding hydrogens is 454 g/mol. The molecule has 1 N–H and O–H groups in total. The summed E-state index contributed by atoms with van der Waals surface area (Å²) in [6, 6.07) is 7.17. The number of carbonyl (C=O) groups excluding carboxylic acids is 2. The van der Waals surface area contributed by atoms with Crippen LogP contribution in [0, 0.1) is 5.92 Å². The van der Waals surface area contributed by atoms with E-state index in [1.54, 1.807) is 24.3 Å². The molecular formula is C26H43NO8. The van der Waals surface area contributed by atoms with Crippen molar-refractivity contribution in [3.05, 3.63) is 24.3 Å². The lowest BCUT2D eigenvalue weighted by Crippen LogP contribution is -2.20. The van der Waals surface area contributed by atoms with Gasteiger partial charge in [0.05, 0.1) is 58.8 Å². The highest BCUT2D eigenvalue weighted by molar-refractivity contribution is 5.88. The predicted molar refractivity (Wildman–Crippen MR) is 134 cm³/mol. The van der Waals surface area contributed by atoms with E-state index >= 15 is 0 Å². The first-order chi connectivity index (χ1) is 17.1. The van der Waals surface area contributed by atoms with Crippen molar-refractivity contribution in [3.8, 4) is 5.75 Å². The van der Waals surface area contributed by atoms with E-state index in [9.17, 15) is 9.59 Å². The van der Waals surface area contributed by atoms with Gasteiger partial charge in [-0.2, -0.15) is 0 Å². The summed E-state index contributed by atoms with van der Waals surface area (Å²) in [7, 11) is 0. The fourth-order valence-corrected chi connectivity index (χ4v) is 3.08. The molecule has 0 aliphatic rings. The molecule has 200 valence electrons. The highest BCUT2D eigenvalue weighted by Gasteiger charge is 2.16. The highest BCUT2D eigenvalue weighted by atomic mass is 16.6. The summed E-state index contributed by atoms with van der Waals surface area (Å²) >= 11 is 0. The number of hydrogen-bond acceptors (Lipinski definition) is 8. The van der Waals surface area contributed by atoms with Crippen LogP contribution in [0.5, 0.6) is 5.75 Å². The average Bonchev–Trinajstić information content (AvgIpc) is 2.85. The van der Waals surface area contributed by atoms with Gasteiger partial charge in [-0.15, -0.1) is 0 Å². The first-order valence-electron chi connectivity index (χ1n) is 12.5. The quantitative estimate of drug-likeness (QED) is 0.190. The Hall–Kier alpha value is -2.20. The molecule has 1 amide bonds. The number of anilines is 1. The van der Waals surface area contributed by atoms with E-state index in [1.165, 1.54) is 6.92 Å². The number of nitrogens with one attached hydrogen (secondary N) is 1. The fraction of sp³-hybridized carbons (Fsp3) is 0.692. The minimum absolute atomic E-state index is 0.00176. The Morgan fingerprint density at radius 3 is 1.77 bits per heavy atom. The molecule has 0 saturated carbocycles. The zero-order valence-corrected chi connectivity index (χ0v) is 21.6. The van der Waals surface area contributed by atoms with Crippen LogP contribution in [0.15, 0.2) is 24.3 Å². The normalized spacial score (nSPS) is 11.7.